The maximum absolute atomic E-state index is 13.6. The Morgan fingerprint density at radius 2 is 2.15 bits per heavy atom. The first-order valence-corrected chi connectivity index (χ1v) is 8.50. The normalized spacial score (nSPS) is 12.6. The number of thiophene rings is 1. The van der Waals surface area contributed by atoms with Crippen molar-refractivity contribution in [3.8, 4) is 0 Å². The zero-order chi connectivity index (χ0) is 14.5. The molecule has 0 spiro atoms. The van der Waals surface area contributed by atoms with Crippen LogP contribution in [0.4, 0.5) is 4.39 Å². The van der Waals surface area contributed by atoms with Crippen LogP contribution >= 0.6 is 27.3 Å². The smallest absolute Gasteiger partial charge is 0.123 e. The predicted molar refractivity (Wildman–Crippen MR) is 87.9 cm³/mol. The fourth-order valence-electron chi connectivity index (χ4n) is 2.25. The summed E-state index contributed by atoms with van der Waals surface area (Å²) in [5, 5.41) is 5.62. The molecule has 1 N–H and O–H groups in total. The zero-order valence-electron chi connectivity index (χ0n) is 11.7. The van der Waals surface area contributed by atoms with E-state index in [4.69, 9.17) is 0 Å². The van der Waals surface area contributed by atoms with E-state index in [0.29, 0.717) is 0 Å². The van der Waals surface area contributed by atoms with Gasteiger partial charge in [0.15, 0.2) is 0 Å². The fourth-order valence-corrected chi connectivity index (χ4v) is 3.81. The average molecular weight is 356 g/mol. The molecule has 0 aliphatic carbocycles. The molecule has 1 nitrogen and oxygen atoms in total. The predicted octanol–water partition coefficient (Wildman–Crippen LogP) is 5.24. The third kappa shape index (κ3) is 3.90. The largest absolute Gasteiger partial charge is 0.310 e. The highest BCUT2D eigenvalue weighted by Gasteiger charge is 2.16. The van der Waals surface area contributed by atoms with Crippen molar-refractivity contribution in [2.75, 3.05) is 6.54 Å². The third-order valence-electron chi connectivity index (χ3n) is 3.34. The summed E-state index contributed by atoms with van der Waals surface area (Å²) in [6, 6.07) is 7.26. The van der Waals surface area contributed by atoms with E-state index in [-0.39, 0.29) is 11.9 Å². The Hall–Kier alpha value is -0.710. The van der Waals surface area contributed by atoms with Crippen molar-refractivity contribution in [1.82, 2.24) is 5.32 Å². The molecule has 1 atom stereocenters. The average Bonchev–Trinajstić information content (AvgIpc) is 2.83. The first-order valence-electron chi connectivity index (χ1n) is 6.83. The molecule has 0 saturated carbocycles. The molecular weight excluding hydrogens is 337 g/mol. The lowest BCUT2D eigenvalue weighted by Gasteiger charge is -2.21. The number of hydrogen-bond donors (Lipinski definition) is 1. The van der Waals surface area contributed by atoms with Gasteiger partial charge in [0.05, 0.1) is 0 Å². The Balaban J connectivity index is 2.27. The maximum atomic E-state index is 13.6. The minimum absolute atomic E-state index is 0.153. The summed E-state index contributed by atoms with van der Waals surface area (Å²) in [5.74, 6) is -0.167. The molecule has 0 saturated heterocycles. The van der Waals surface area contributed by atoms with Crippen LogP contribution in [0.3, 0.4) is 0 Å². The van der Waals surface area contributed by atoms with Gasteiger partial charge in [0, 0.05) is 21.8 Å². The van der Waals surface area contributed by atoms with Crippen molar-refractivity contribution >= 4 is 27.3 Å². The molecule has 108 valence electrons. The highest BCUT2D eigenvalue weighted by molar-refractivity contribution is 9.10. The molecule has 0 bridgehead atoms. The lowest BCUT2D eigenvalue weighted by molar-refractivity contribution is 0.524. The van der Waals surface area contributed by atoms with Crippen molar-refractivity contribution in [3.05, 3.63) is 55.9 Å². The van der Waals surface area contributed by atoms with Gasteiger partial charge in [-0.2, -0.15) is 0 Å². The van der Waals surface area contributed by atoms with Gasteiger partial charge in [-0.25, -0.2) is 4.39 Å². The SMILES string of the molecule is CCCNC(Cc1sccc1Br)c1cc(F)ccc1C. The molecule has 4 heteroatoms. The number of rotatable bonds is 6. The summed E-state index contributed by atoms with van der Waals surface area (Å²) in [6.45, 7) is 5.12. The minimum atomic E-state index is -0.167. The standard InChI is InChI=1S/C16H19BrFNS/c1-3-7-19-15(10-16-14(17)6-8-20-16)13-9-12(18)5-4-11(13)2/h4-6,8-9,15,19H,3,7,10H2,1-2H3. The van der Waals surface area contributed by atoms with Gasteiger partial charge in [-0.1, -0.05) is 13.0 Å². The molecule has 0 radical (unpaired) electrons. The van der Waals surface area contributed by atoms with Gasteiger partial charge in [0.25, 0.3) is 0 Å². The van der Waals surface area contributed by atoms with Gasteiger partial charge in [-0.3, -0.25) is 0 Å². The first kappa shape index (κ1) is 15.7. The minimum Gasteiger partial charge on any atom is -0.310 e. The maximum Gasteiger partial charge on any atom is 0.123 e. The summed E-state index contributed by atoms with van der Waals surface area (Å²) in [7, 11) is 0. The van der Waals surface area contributed by atoms with E-state index in [9.17, 15) is 4.39 Å². The van der Waals surface area contributed by atoms with Gasteiger partial charge >= 0.3 is 0 Å². The molecule has 0 fully saturated rings. The second-order valence-corrected chi connectivity index (χ2v) is 6.76. The monoisotopic (exact) mass is 355 g/mol. The van der Waals surface area contributed by atoms with Gasteiger partial charge < -0.3 is 5.32 Å². The van der Waals surface area contributed by atoms with E-state index >= 15 is 0 Å². The zero-order valence-corrected chi connectivity index (χ0v) is 14.2. The first-order chi connectivity index (χ1) is 9.61. The fraction of sp³-hybridized carbons (Fsp3) is 0.375. The Labute approximate surface area is 132 Å². The summed E-state index contributed by atoms with van der Waals surface area (Å²) < 4.78 is 14.7. The number of aryl methyl sites for hydroxylation is 1. The topological polar surface area (TPSA) is 12.0 Å². The van der Waals surface area contributed by atoms with E-state index in [1.54, 1.807) is 17.4 Å². The lowest BCUT2D eigenvalue weighted by atomic mass is 9.97. The van der Waals surface area contributed by atoms with Gasteiger partial charge in [0.2, 0.25) is 0 Å². The van der Waals surface area contributed by atoms with E-state index in [0.717, 1.165) is 35.0 Å². The summed E-state index contributed by atoms with van der Waals surface area (Å²) in [6.07, 6.45) is 1.94. The highest BCUT2D eigenvalue weighted by atomic mass is 79.9. The van der Waals surface area contributed by atoms with Crippen LogP contribution in [0.15, 0.2) is 34.1 Å². The van der Waals surface area contributed by atoms with Gasteiger partial charge in [0.1, 0.15) is 5.82 Å². The molecule has 0 aliphatic rings. The van der Waals surface area contributed by atoms with Crippen molar-refractivity contribution in [2.24, 2.45) is 0 Å². The molecular formula is C16H19BrFNS. The van der Waals surface area contributed by atoms with E-state index < -0.39 is 0 Å². The second-order valence-electron chi connectivity index (χ2n) is 4.90. The van der Waals surface area contributed by atoms with Crippen molar-refractivity contribution in [1.29, 1.82) is 0 Å². The molecule has 20 heavy (non-hydrogen) atoms. The molecule has 1 aromatic heterocycles. The van der Waals surface area contributed by atoms with Gasteiger partial charge in [-0.15, -0.1) is 11.3 Å². The van der Waals surface area contributed by atoms with Crippen LogP contribution in [0.25, 0.3) is 0 Å². The Morgan fingerprint density at radius 3 is 2.80 bits per heavy atom. The van der Waals surface area contributed by atoms with Crippen LogP contribution < -0.4 is 5.32 Å². The second kappa shape index (κ2) is 7.34. The third-order valence-corrected chi connectivity index (χ3v) is 5.29. The molecule has 2 aromatic rings. The number of halogens is 2. The van der Waals surface area contributed by atoms with Crippen molar-refractivity contribution < 1.29 is 4.39 Å². The van der Waals surface area contributed by atoms with Crippen LogP contribution in [-0.2, 0) is 6.42 Å². The molecule has 1 aromatic carbocycles. The molecule has 0 aliphatic heterocycles. The van der Waals surface area contributed by atoms with Crippen molar-refractivity contribution in [3.63, 3.8) is 0 Å². The lowest BCUT2D eigenvalue weighted by Crippen LogP contribution is -2.24. The van der Waals surface area contributed by atoms with Crippen LogP contribution in [0.2, 0.25) is 0 Å². The molecule has 0 amide bonds. The van der Waals surface area contributed by atoms with Crippen LogP contribution in [0.5, 0.6) is 0 Å². The quantitative estimate of drug-likeness (QED) is 0.746. The van der Waals surface area contributed by atoms with Crippen LogP contribution in [0, 0.1) is 12.7 Å². The molecule has 1 heterocycles. The van der Waals surface area contributed by atoms with E-state index in [1.165, 1.54) is 10.9 Å². The summed E-state index contributed by atoms with van der Waals surface area (Å²) in [4.78, 5) is 1.29. The highest BCUT2D eigenvalue weighted by Crippen LogP contribution is 2.29. The number of benzene rings is 1. The molecule has 1 unspecified atom stereocenters. The van der Waals surface area contributed by atoms with Gasteiger partial charge in [-0.05, 0) is 70.5 Å². The van der Waals surface area contributed by atoms with Crippen LogP contribution in [0.1, 0.15) is 35.4 Å². The summed E-state index contributed by atoms with van der Waals surface area (Å²) >= 11 is 5.31. The Morgan fingerprint density at radius 1 is 1.35 bits per heavy atom. The van der Waals surface area contributed by atoms with Crippen molar-refractivity contribution in [2.45, 2.75) is 32.7 Å². The summed E-state index contributed by atoms with van der Waals surface area (Å²) in [5.41, 5.74) is 2.19. The van der Waals surface area contributed by atoms with Crippen LogP contribution in [-0.4, -0.2) is 6.54 Å². The Kier molecular flexibility index (Phi) is 5.75. The molecule has 2 rings (SSSR count). The number of nitrogens with one attached hydrogen (secondary N) is 1. The van der Waals surface area contributed by atoms with E-state index in [2.05, 4.69) is 39.6 Å². The number of hydrogen-bond acceptors (Lipinski definition) is 2. The Bertz CT molecular complexity index is 567. The van der Waals surface area contributed by atoms with E-state index in [1.807, 2.05) is 13.0 Å².